The minimum Gasteiger partial charge on any atom is -0.469 e. The van der Waals surface area contributed by atoms with Crippen LogP contribution in [0.2, 0.25) is 0 Å². The molecular weight excluding hydrogens is 246 g/mol. The number of carbonyl (C=O) groups excluding carboxylic acids is 2. The molecule has 19 heavy (non-hydrogen) atoms. The highest BCUT2D eigenvalue weighted by Crippen LogP contribution is 2.21. The van der Waals surface area contributed by atoms with E-state index in [1.54, 1.807) is 11.8 Å². The van der Waals surface area contributed by atoms with Crippen LogP contribution in [0.15, 0.2) is 0 Å². The van der Waals surface area contributed by atoms with Crippen molar-refractivity contribution in [1.29, 1.82) is 0 Å². The number of methoxy groups -OCH3 is 1. The van der Waals surface area contributed by atoms with Crippen LogP contribution in [0.4, 0.5) is 0 Å². The van der Waals surface area contributed by atoms with E-state index in [2.05, 4.69) is 10.2 Å². The lowest BCUT2D eigenvalue weighted by Gasteiger charge is -2.31. The Morgan fingerprint density at radius 1 is 1.42 bits per heavy atom. The average molecular weight is 265 g/mol. The minimum atomic E-state index is -0.238. The maximum atomic E-state index is 12.5. The Kier molecular flexibility index (Phi) is 3.87. The predicted octanol–water partition coefficient (Wildman–Crippen LogP) is 1.05. The van der Waals surface area contributed by atoms with Crippen LogP contribution in [0.3, 0.4) is 0 Å². The molecule has 2 rings (SSSR count). The number of likely N-dealkylation sites (tertiary alicyclic amines) is 1. The molecule has 6 nitrogen and oxygen atoms in total. The van der Waals surface area contributed by atoms with Crippen LogP contribution < -0.4 is 0 Å². The molecule has 1 aromatic rings. The topological polar surface area (TPSA) is 75.3 Å². The van der Waals surface area contributed by atoms with Crippen LogP contribution in [0, 0.1) is 19.8 Å². The second-order valence-electron chi connectivity index (χ2n) is 4.92. The van der Waals surface area contributed by atoms with Gasteiger partial charge >= 0.3 is 5.97 Å². The molecule has 0 saturated carbocycles. The van der Waals surface area contributed by atoms with Gasteiger partial charge in [0, 0.05) is 18.8 Å². The molecule has 1 aliphatic heterocycles. The highest BCUT2D eigenvalue weighted by molar-refractivity contribution is 5.96. The number of rotatable bonds is 2. The zero-order chi connectivity index (χ0) is 14.0. The van der Waals surface area contributed by atoms with Crippen molar-refractivity contribution in [3.05, 3.63) is 17.0 Å². The number of carbonyl (C=O) groups is 2. The van der Waals surface area contributed by atoms with Gasteiger partial charge in [0.1, 0.15) is 0 Å². The zero-order valence-corrected chi connectivity index (χ0v) is 11.5. The molecule has 0 radical (unpaired) electrons. The van der Waals surface area contributed by atoms with Crippen LogP contribution in [-0.4, -0.2) is 47.2 Å². The first kappa shape index (κ1) is 13.6. The van der Waals surface area contributed by atoms with Gasteiger partial charge in [0.2, 0.25) is 0 Å². The summed E-state index contributed by atoms with van der Waals surface area (Å²) in [5.74, 6) is -0.509. The van der Waals surface area contributed by atoms with Gasteiger partial charge in [-0.25, -0.2) is 0 Å². The summed E-state index contributed by atoms with van der Waals surface area (Å²) in [4.78, 5) is 25.8. The van der Waals surface area contributed by atoms with Gasteiger partial charge in [-0.15, -0.1) is 0 Å². The first-order chi connectivity index (χ1) is 9.04. The number of H-pyrrole nitrogens is 1. The number of esters is 1. The van der Waals surface area contributed by atoms with E-state index in [1.165, 1.54) is 7.11 Å². The highest BCUT2D eigenvalue weighted by Gasteiger charge is 2.31. The summed E-state index contributed by atoms with van der Waals surface area (Å²) in [5, 5.41) is 6.85. The molecule has 1 unspecified atom stereocenters. The molecule has 104 valence electrons. The van der Waals surface area contributed by atoms with Crippen LogP contribution in [0.25, 0.3) is 0 Å². The minimum absolute atomic E-state index is 0.0580. The van der Waals surface area contributed by atoms with E-state index >= 15 is 0 Å². The van der Waals surface area contributed by atoms with Gasteiger partial charge < -0.3 is 9.64 Å². The first-order valence-corrected chi connectivity index (χ1v) is 6.43. The maximum absolute atomic E-state index is 12.5. The second kappa shape index (κ2) is 5.42. The normalized spacial score (nSPS) is 19.3. The Bertz CT molecular complexity index is 476. The number of nitrogens with one attached hydrogen (secondary N) is 1. The number of nitrogens with zero attached hydrogens (tertiary/aromatic N) is 2. The van der Waals surface area contributed by atoms with Crippen LogP contribution in [-0.2, 0) is 9.53 Å². The van der Waals surface area contributed by atoms with Crippen molar-refractivity contribution in [2.24, 2.45) is 5.92 Å². The average Bonchev–Trinajstić information content (AvgIpc) is 2.76. The van der Waals surface area contributed by atoms with E-state index in [-0.39, 0.29) is 17.8 Å². The quantitative estimate of drug-likeness (QED) is 0.811. The third kappa shape index (κ3) is 2.62. The van der Waals surface area contributed by atoms with Gasteiger partial charge in [0.05, 0.1) is 24.3 Å². The Hall–Kier alpha value is -1.85. The molecule has 0 spiro atoms. The smallest absolute Gasteiger partial charge is 0.310 e. The third-order valence-corrected chi connectivity index (χ3v) is 3.59. The summed E-state index contributed by atoms with van der Waals surface area (Å²) in [7, 11) is 1.38. The highest BCUT2D eigenvalue weighted by atomic mass is 16.5. The van der Waals surface area contributed by atoms with E-state index in [4.69, 9.17) is 4.74 Å². The van der Waals surface area contributed by atoms with E-state index in [0.29, 0.717) is 24.3 Å². The summed E-state index contributed by atoms with van der Waals surface area (Å²) in [6.45, 7) is 4.74. The Labute approximate surface area is 112 Å². The third-order valence-electron chi connectivity index (χ3n) is 3.59. The van der Waals surface area contributed by atoms with E-state index < -0.39 is 0 Å². The fourth-order valence-corrected chi connectivity index (χ4v) is 2.54. The van der Waals surface area contributed by atoms with E-state index in [0.717, 1.165) is 18.5 Å². The second-order valence-corrected chi connectivity index (χ2v) is 4.92. The summed E-state index contributed by atoms with van der Waals surface area (Å²) >= 11 is 0. The lowest BCUT2D eigenvalue weighted by Crippen LogP contribution is -2.42. The van der Waals surface area contributed by atoms with Crippen molar-refractivity contribution in [3.63, 3.8) is 0 Å². The fraction of sp³-hybridized carbons (Fsp3) is 0.615. The van der Waals surface area contributed by atoms with Crippen molar-refractivity contribution in [2.45, 2.75) is 26.7 Å². The van der Waals surface area contributed by atoms with Gasteiger partial charge in [-0.1, -0.05) is 0 Å². The monoisotopic (exact) mass is 265 g/mol. The van der Waals surface area contributed by atoms with Crippen molar-refractivity contribution in [3.8, 4) is 0 Å². The summed E-state index contributed by atoms with van der Waals surface area (Å²) < 4.78 is 4.76. The van der Waals surface area contributed by atoms with Crippen molar-refractivity contribution in [2.75, 3.05) is 20.2 Å². The molecule has 1 atom stereocenters. The molecule has 6 heteroatoms. The van der Waals surface area contributed by atoms with Gasteiger partial charge in [0.15, 0.2) is 0 Å². The molecule has 0 bridgehead atoms. The largest absolute Gasteiger partial charge is 0.469 e. The van der Waals surface area contributed by atoms with Crippen LogP contribution in [0.1, 0.15) is 34.6 Å². The van der Waals surface area contributed by atoms with E-state index in [1.807, 2.05) is 6.92 Å². The van der Waals surface area contributed by atoms with Crippen molar-refractivity contribution in [1.82, 2.24) is 15.1 Å². The molecule has 0 aromatic carbocycles. The van der Waals surface area contributed by atoms with Crippen LogP contribution >= 0.6 is 0 Å². The Balaban J connectivity index is 2.14. The Morgan fingerprint density at radius 3 is 2.74 bits per heavy atom. The number of aromatic amines is 1. The molecule has 1 aliphatic rings. The van der Waals surface area contributed by atoms with Crippen molar-refractivity contribution < 1.29 is 14.3 Å². The number of amides is 1. The van der Waals surface area contributed by atoms with Gasteiger partial charge in [-0.05, 0) is 26.7 Å². The summed E-state index contributed by atoms with van der Waals surface area (Å²) in [6.07, 6.45) is 1.60. The molecule has 1 fully saturated rings. The first-order valence-electron chi connectivity index (χ1n) is 6.43. The van der Waals surface area contributed by atoms with Gasteiger partial charge in [0.25, 0.3) is 5.91 Å². The number of aromatic nitrogens is 2. The van der Waals surface area contributed by atoms with Crippen LogP contribution in [0.5, 0.6) is 0 Å². The number of aryl methyl sites for hydroxylation is 2. The number of hydrogen-bond acceptors (Lipinski definition) is 4. The maximum Gasteiger partial charge on any atom is 0.310 e. The molecule has 1 saturated heterocycles. The Morgan fingerprint density at radius 2 is 2.16 bits per heavy atom. The molecule has 1 N–H and O–H groups in total. The molecule has 1 aromatic heterocycles. The zero-order valence-electron chi connectivity index (χ0n) is 11.5. The van der Waals surface area contributed by atoms with Crippen molar-refractivity contribution >= 4 is 11.9 Å². The number of ether oxygens (including phenoxy) is 1. The summed E-state index contributed by atoms with van der Waals surface area (Å²) in [5.41, 5.74) is 2.08. The molecular formula is C13H19N3O3. The predicted molar refractivity (Wildman–Crippen MR) is 68.7 cm³/mol. The number of hydrogen-bond donors (Lipinski definition) is 1. The van der Waals surface area contributed by atoms with Gasteiger partial charge in [-0.2, -0.15) is 5.10 Å². The van der Waals surface area contributed by atoms with E-state index in [9.17, 15) is 9.59 Å². The molecule has 2 heterocycles. The molecule has 0 aliphatic carbocycles. The molecule has 1 amide bonds. The number of piperidine rings is 1. The fourth-order valence-electron chi connectivity index (χ4n) is 2.54. The lowest BCUT2D eigenvalue weighted by atomic mass is 9.97. The SMILES string of the molecule is COC(=O)C1CCCN(C(=O)c2c(C)n[nH]c2C)C1. The standard InChI is InChI=1S/C13H19N3O3/c1-8-11(9(2)15-14-8)12(17)16-6-4-5-10(7-16)13(18)19-3/h10H,4-7H2,1-3H3,(H,14,15). The summed E-state index contributed by atoms with van der Waals surface area (Å²) in [6, 6.07) is 0. The lowest BCUT2D eigenvalue weighted by molar-refractivity contribution is -0.146. The van der Waals surface area contributed by atoms with Gasteiger partial charge in [-0.3, -0.25) is 14.7 Å².